The molecule has 130 valence electrons. The molecule has 2 heterocycles. The molecule has 2 aromatic heterocycles. The fourth-order valence-electron chi connectivity index (χ4n) is 3.67. The molecule has 2 nitrogen and oxygen atoms in total. The lowest BCUT2D eigenvalue weighted by atomic mass is 10.1. The Bertz CT molecular complexity index is 1270. The van der Waals surface area contributed by atoms with Crippen molar-refractivity contribution in [1.82, 2.24) is 9.55 Å². The third-order valence-corrected chi connectivity index (χ3v) is 5.61. The summed E-state index contributed by atoms with van der Waals surface area (Å²) in [5.74, 6) is 0. The molecule has 4 heteroatoms. The van der Waals surface area contributed by atoms with E-state index in [0.717, 1.165) is 26.0 Å². The molecule has 0 bridgehead atoms. The number of hydrogen-bond donors (Lipinski definition) is 0. The molecule has 0 aliphatic rings. The molecule has 0 radical (unpaired) electrons. The zero-order valence-electron chi connectivity index (χ0n) is 14.2. The van der Waals surface area contributed by atoms with Crippen LogP contribution in [0.1, 0.15) is 0 Å². The molecule has 0 saturated heterocycles. The summed E-state index contributed by atoms with van der Waals surface area (Å²) in [7, 11) is 0. The van der Waals surface area contributed by atoms with Crippen LogP contribution in [0.3, 0.4) is 0 Å². The highest BCUT2D eigenvalue weighted by molar-refractivity contribution is 9.11. The van der Waals surface area contributed by atoms with Gasteiger partial charge in [0.25, 0.3) is 0 Å². The van der Waals surface area contributed by atoms with Crippen molar-refractivity contribution < 1.29 is 0 Å². The highest BCUT2D eigenvalue weighted by Crippen LogP contribution is 2.38. The van der Waals surface area contributed by atoms with Crippen LogP contribution in [0.4, 0.5) is 0 Å². The van der Waals surface area contributed by atoms with E-state index in [1.165, 1.54) is 21.8 Å². The Balaban J connectivity index is 1.97. The Morgan fingerprint density at radius 3 is 2.26 bits per heavy atom. The minimum Gasteiger partial charge on any atom is -0.309 e. The highest BCUT2D eigenvalue weighted by Gasteiger charge is 2.16. The van der Waals surface area contributed by atoms with Crippen LogP contribution in [0.5, 0.6) is 0 Å². The van der Waals surface area contributed by atoms with Crippen molar-refractivity contribution in [2.45, 2.75) is 0 Å². The van der Waals surface area contributed by atoms with E-state index in [2.05, 4.69) is 109 Å². The number of nitrogens with zero attached hydrogens (tertiary/aromatic N) is 2. The molecule has 0 spiro atoms. The van der Waals surface area contributed by atoms with Crippen LogP contribution in [-0.4, -0.2) is 9.55 Å². The van der Waals surface area contributed by atoms with E-state index in [9.17, 15) is 0 Å². The van der Waals surface area contributed by atoms with Gasteiger partial charge in [-0.3, -0.25) is 0 Å². The number of para-hydroxylation sites is 3. The van der Waals surface area contributed by atoms with Crippen molar-refractivity contribution in [2.24, 2.45) is 0 Å². The van der Waals surface area contributed by atoms with Gasteiger partial charge in [0.1, 0.15) is 4.60 Å². The fraction of sp³-hybridized carbons (Fsp3) is 0. The minimum absolute atomic E-state index is 0.811. The van der Waals surface area contributed by atoms with Gasteiger partial charge in [-0.1, -0.05) is 70.5 Å². The second-order valence-electron chi connectivity index (χ2n) is 6.38. The predicted molar refractivity (Wildman–Crippen MR) is 119 cm³/mol. The maximum absolute atomic E-state index is 4.73. The van der Waals surface area contributed by atoms with Crippen LogP contribution in [0.25, 0.3) is 38.8 Å². The summed E-state index contributed by atoms with van der Waals surface area (Å²) in [5, 5.41) is 2.47. The molecule has 5 aromatic rings. The van der Waals surface area contributed by atoms with Crippen molar-refractivity contribution in [3.8, 4) is 16.9 Å². The Labute approximate surface area is 173 Å². The number of halogens is 2. The first-order valence-corrected chi connectivity index (χ1v) is 10.2. The number of fused-ring (bicyclic) bond motifs is 3. The van der Waals surface area contributed by atoms with Crippen molar-refractivity contribution in [3.63, 3.8) is 0 Å². The molecule has 0 aliphatic carbocycles. The van der Waals surface area contributed by atoms with Crippen LogP contribution in [0.2, 0.25) is 0 Å². The van der Waals surface area contributed by atoms with Crippen molar-refractivity contribution in [1.29, 1.82) is 0 Å². The third-order valence-electron chi connectivity index (χ3n) is 4.74. The SMILES string of the molecule is Brc1cc(Br)nc(-c2cccc3c4ccccc4n(-c4ccccc4)c23)c1. The lowest BCUT2D eigenvalue weighted by Crippen LogP contribution is -1.96. The molecule has 3 aromatic carbocycles. The molecule has 0 atom stereocenters. The zero-order chi connectivity index (χ0) is 18.4. The normalized spacial score (nSPS) is 11.3. The Hall–Kier alpha value is -2.43. The molecular weight excluding hydrogens is 464 g/mol. The Kier molecular flexibility index (Phi) is 4.10. The van der Waals surface area contributed by atoms with Crippen LogP contribution >= 0.6 is 31.9 Å². The van der Waals surface area contributed by atoms with Gasteiger partial charge in [0.05, 0.1) is 16.7 Å². The van der Waals surface area contributed by atoms with E-state index in [1.54, 1.807) is 0 Å². The second-order valence-corrected chi connectivity index (χ2v) is 8.11. The van der Waals surface area contributed by atoms with Crippen LogP contribution in [0.15, 0.2) is 94.0 Å². The lowest BCUT2D eigenvalue weighted by molar-refractivity contribution is 1.17. The van der Waals surface area contributed by atoms with Crippen LogP contribution in [-0.2, 0) is 0 Å². The smallest absolute Gasteiger partial charge is 0.107 e. The van der Waals surface area contributed by atoms with E-state index in [-0.39, 0.29) is 0 Å². The monoisotopic (exact) mass is 476 g/mol. The molecule has 0 amide bonds. The molecule has 0 N–H and O–H groups in total. The van der Waals surface area contributed by atoms with Crippen molar-refractivity contribution in [2.75, 3.05) is 0 Å². The molecule has 0 unspecified atom stereocenters. The first-order valence-electron chi connectivity index (χ1n) is 8.63. The Morgan fingerprint density at radius 2 is 1.44 bits per heavy atom. The number of pyridine rings is 1. The van der Waals surface area contributed by atoms with Gasteiger partial charge < -0.3 is 4.57 Å². The summed E-state index contributed by atoms with van der Waals surface area (Å²) >= 11 is 7.12. The topological polar surface area (TPSA) is 17.8 Å². The van der Waals surface area contributed by atoms with Gasteiger partial charge in [-0.2, -0.15) is 0 Å². The number of aromatic nitrogens is 2. The zero-order valence-corrected chi connectivity index (χ0v) is 17.4. The first-order chi connectivity index (χ1) is 13.2. The summed E-state index contributed by atoms with van der Waals surface area (Å²) in [5.41, 5.74) is 5.55. The van der Waals surface area contributed by atoms with Crippen LogP contribution in [0, 0.1) is 0 Å². The number of benzene rings is 3. The van der Waals surface area contributed by atoms with E-state index >= 15 is 0 Å². The summed E-state index contributed by atoms with van der Waals surface area (Å²) in [6.07, 6.45) is 0. The Morgan fingerprint density at radius 1 is 0.704 bits per heavy atom. The maximum Gasteiger partial charge on any atom is 0.107 e. The highest BCUT2D eigenvalue weighted by atomic mass is 79.9. The lowest BCUT2D eigenvalue weighted by Gasteiger charge is -2.11. The average molecular weight is 478 g/mol. The average Bonchev–Trinajstić information content (AvgIpc) is 3.02. The summed E-state index contributed by atoms with van der Waals surface area (Å²) < 4.78 is 4.14. The number of hydrogen-bond acceptors (Lipinski definition) is 1. The molecule has 0 saturated carbocycles. The molecule has 5 rings (SSSR count). The van der Waals surface area contributed by atoms with E-state index in [0.29, 0.717) is 0 Å². The van der Waals surface area contributed by atoms with Crippen LogP contribution < -0.4 is 0 Å². The van der Waals surface area contributed by atoms with Gasteiger partial charge in [0.2, 0.25) is 0 Å². The molecule has 0 fully saturated rings. The van der Waals surface area contributed by atoms with E-state index in [1.807, 2.05) is 12.1 Å². The van der Waals surface area contributed by atoms with Gasteiger partial charge in [-0.15, -0.1) is 0 Å². The van der Waals surface area contributed by atoms with Crippen molar-refractivity contribution >= 4 is 53.7 Å². The summed E-state index contributed by atoms with van der Waals surface area (Å²) in [6, 6.07) is 29.5. The molecular formula is C23H14Br2N2. The fourth-order valence-corrected chi connectivity index (χ4v) is 4.85. The van der Waals surface area contributed by atoms with Gasteiger partial charge in [0, 0.05) is 26.5 Å². The molecule has 0 aliphatic heterocycles. The minimum atomic E-state index is 0.811. The number of rotatable bonds is 2. The quantitative estimate of drug-likeness (QED) is 0.242. The largest absolute Gasteiger partial charge is 0.309 e. The van der Waals surface area contributed by atoms with Gasteiger partial charge in [0.15, 0.2) is 0 Å². The standard InChI is InChI=1S/C23H14Br2N2/c24-15-13-20(26-22(25)14-15)19-11-6-10-18-17-9-4-5-12-21(17)27(23(18)19)16-7-2-1-3-8-16/h1-14H. The maximum atomic E-state index is 4.73. The predicted octanol–water partition coefficient (Wildman–Crippen LogP) is 7.37. The van der Waals surface area contributed by atoms with Gasteiger partial charge >= 0.3 is 0 Å². The summed E-state index contributed by atoms with van der Waals surface area (Å²) in [4.78, 5) is 4.73. The first kappa shape index (κ1) is 16.7. The molecule has 27 heavy (non-hydrogen) atoms. The van der Waals surface area contributed by atoms with Gasteiger partial charge in [-0.05, 0) is 46.3 Å². The third kappa shape index (κ3) is 2.80. The van der Waals surface area contributed by atoms with Crippen molar-refractivity contribution in [3.05, 3.63) is 94.0 Å². The van der Waals surface area contributed by atoms with Gasteiger partial charge in [-0.25, -0.2) is 4.98 Å². The van der Waals surface area contributed by atoms with E-state index < -0.39 is 0 Å². The summed E-state index contributed by atoms with van der Waals surface area (Å²) in [6.45, 7) is 0. The van der Waals surface area contributed by atoms with E-state index in [4.69, 9.17) is 4.98 Å². The second kappa shape index (κ2) is 6.63.